The highest BCUT2D eigenvalue weighted by Crippen LogP contribution is 2.25. The van der Waals surface area contributed by atoms with E-state index in [1.807, 2.05) is 13.8 Å². The van der Waals surface area contributed by atoms with E-state index < -0.39 is 20.0 Å². The molecule has 0 aliphatic carbocycles. The Labute approximate surface area is 186 Å². The van der Waals surface area contributed by atoms with Gasteiger partial charge in [0.2, 0.25) is 20.0 Å². The lowest BCUT2D eigenvalue weighted by Gasteiger charge is -2.12. The van der Waals surface area contributed by atoms with Gasteiger partial charge in [-0.15, -0.1) is 0 Å². The van der Waals surface area contributed by atoms with E-state index in [4.69, 9.17) is 0 Å². The number of nitrogens with one attached hydrogen (secondary N) is 2. The highest BCUT2D eigenvalue weighted by atomic mass is 32.2. The van der Waals surface area contributed by atoms with E-state index in [0.717, 1.165) is 11.1 Å². The number of benzene rings is 2. The van der Waals surface area contributed by atoms with Crippen molar-refractivity contribution in [1.82, 2.24) is 19.4 Å². The van der Waals surface area contributed by atoms with Crippen LogP contribution in [0.25, 0.3) is 21.8 Å². The molecule has 0 fully saturated rings. The number of fused-ring (bicyclic) bond motifs is 2. The summed E-state index contributed by atoms with van der Waals surface area (Å²) in [6.07, 6.45) is 3.22. The minimum Gasteiger partial charge on any atom is -0.256 e. The van der Waals surface area contributed by atoms with Gasteiger partial charge in [-0.3, -0.25) is 9.97 Å². The van der Waals surface area contributed by atoms with Crippen LogP contribution in [0.2, 0.25) is 0 Å². The number of rotatable bonds is 7. The van der Waals surface area contributed by atoms with Gasteiger partial charge in [0.1, 0.15) is 0 Å². The molecule has 10 heteroatoms. The molecule has 0 aliphatic heterocycles. The molecule has 0 amide bonds. The Kier molecular flexibility index (Phi) is 5.95. The van der Waals surface area contributed by atoms with Crippen LogP contribution in [-0.2, 0) is 20.0 Å². The van der Waals surface area contributed by atoms with E-state index in [-0.39, 0.29) is 22.9 Å². The Bertz CT molecular complexity index is 1420. The van der Waals surface area contributed by atoms with Crippen molar-refractivity contribution in [3.8, 4) is 0 Å². The number of nitrogens with zero attached hydrogens (tertiary/aromatic N) is 2. The monoisotopic (exact) mass is 470 g/mol. The molecule has 4 rings (SSSR count). The van der Waals surface area contributed by atoms with E-state index >= 15 is 0 Å². The third-order valence-electron chi connectivity index (χ3n) is 5.15. The molecule has 0 atom stereocenters. The van der Waals surface area contributed by atoms with Crippen molar-refractivity contribution in [2.45, 2.75) is 23.6 Å². The maximum atomic E-state index is 12.8. The van der Waals surface area contributed by atoms with Crippen LogP contribution in [0.15, 0.2) is 70.7 Å². The molecule has 0 aliphatic rings. The Morgan fingerprint density at radius 1 is 0.656 bits per heavy atom. The van der Waals surface area contributed by atoms with E-state index in [0.29, 0.717) is 21.8 Å². The minimum absolute atomic E-state index is 0.102. The molecule has 0 unspecified atom stereocenters. The van der Waals surface area contributed by atoms with Gasteiger partial charge < -0.3 is 0 Å². The molecule has 0 saturated carbocycles. The number of aryl methyl sites for hydroxylation is 2. The highest BCUT2D eigenvalue weighted by Gasteiger charge is 2.20. The standard InChI is InChI=1S/C22H22N4O4S2/c1-15-7-9-19(17-5-3-11-23-21(15)17)31(27,28)25-13-14-26-32(29,30)20-10-8-16(2)22-18(20)6-4-12-24-22/h3-12,25-26H,13-14H2,1-2H3. The Morgan fingerprint density at radius 3 is 1.47 bits per heavy atom. The maximum Gasteiger partial charge on any atom is 0.241 e. The molecule has 0 bridgehead atoms. The van der Waals surface area contributed by atoms with Crippen molar-refractivity contribution < 1.29 is 16.8 Å². The first-order chi connectivity index (χ1) is 15.2. The van der Waals surface area contributed by atoms with Gasteiger partial charge >= 0.3 is 0 Å². The van der Waals surface area contributed by atoms with Crippen LogP contribution in [0.4, 0.5) is 0 Å². The SMILES string of the molecule is Cc1ccc(S(=O)(=O)NCCNS(=O)(=O)c2ccc(C)c3ncccc23)c2cccnc12. The molecule has 8 nitrogen and oxygen atoms in total. The molecule has 2 aromatic heterocycles. The van der Waals surface area contributed by atoms with Gasteiger partial charge in [-0.1, -0.05) is 12.1 Å². The predicted molar refractivity (Wildman–Crippen MR) is 123 cm³/mol. The summed E-state index contributed by atoms with van der Waals surface area (Å²) in [5.74, 6) is 0. The number of sulfonamides is 2. The summed E-state index contributed by atoms with van der Waals surface area (Å²) in [7, 11) is -7.72. The molecule has 32 heavy (non-hydrogen) atoms. The zero-order chi connectivity index (χ0) is 22.9. The van der Waals surface area contributed by atoms with Crippen molar-refractivity contribution in [1.29, 1.82) is 0 Å². The van der Waals surface area contributed by atoms with Crippen molar-refractivity contribution >= 4 is 41.9 Å². The fourth-order valence-corrected chi connectivity index (χ4v) is 6.03. The Hall–Kier alpha value is -2.92. The van der Waals surface area contributed by atoms with Gasteiger partial charge in [0.05, 0.1) is 20.8 Å². The van der Waals surface area contributed by atoms with Crippen LogP contribution < -0.4 is 9.44 Å². The number of hydrogen-bond donors (Lipinski definition) is 2. The average Bonchev–Trinajstić information content (AvgIpc) is 2.77. The van der Waals surface area contributed by atoms with Gasteiger partial charge in [-0.25, -0.2) is 26.3 Å². The maximum absolute atomic E-state index is 12.8. The second-order valence-corrected chi connectivity index (χ2v) is 10.8. The largest absolute Gasteiger partial charge is 0.256 e. The second-order valence-electron chi connectivity index (χ2n) is 7.36. The van der Waals surface area contributed by atoms with Gasteiger partial charge in [-0.05, 0) is 61.4 Å². The highest BCUT2D eigenvalue weighted by molar-refractivity contribution is 7.90. The van der Waals surface area contributed by atoms with Crippen LogP contribution in [0.3, 0.4) is 0 Å². The lowest BCUT2D eigenvalue weighted by Crippen LogP contribution is -2.34. The number of pyridine rings is 2. The van der Waals surface area contributed by atoms with Crippen LogP contribution in [0, 0.1) is 13.8 Å². The lowest BCUT2D eigenvalue weighted by atomic mass is 10.1. The van der Waals surface area contributed by atoms with Crippen LogP contribution in [0.5, 0.6) is 0 Å². The Balaban J connectivity index is 1.50. The van der Waals surface area contributed by atoms with Gasteiger partial charge in [0.15, 0.2) is 0 Å². The quantitative estimate of drug-likeness (QED) is 0.401. The van der Waals surface area contributed by atoms with E-state index in [1.165, 1.54) is 12.1 Å². The van der Waals surface area contributed by atoms with E-state index in [9.17, 15) is 16.8 Å². The molecule has 2 aromatic carbocycles. The Morgan fingerprint density at radius 2 is 1.06 bits per heavy atom. The summed E-state index contributed by atoms with van der Waals surface area (Å²) in [4.78, 5) is 8.72. The summed E-state index contributed by atoms with van der Waals surface area (Å²) in [6.45, 7) is 3.49. The minimum atomic E-state index is -3.86. The fourth-order valence-electron chi connectivity index (χ4n) is 3.57. The molecular weight excluding hydrogens is 448 g/mol. The molecule has 2 N–H and O–H groups in total. The lowest BCUT2D eigenvalue weighted by molar-refractivity contribution is 0.571. The van der Waals surface area contributed by atoms with E-state index in [1.54, 1.807) is 48.8 Å². The number of aromatic nitrogens is 2. The van der Waals surface area contributed by atoms with Gasteiger partial charge in [-0.2, -0.15) is 0 Å². The van der Waals surface area contributed by atoms with Crippen molar-refractivity contribution in [3.63, 3.8) is 0 Å². The first kappa shape index (κ1) is 22.3. The summed E-state index contributed by atoms with van der Waals surface area (Å²) >= 11 is 0. The smallest absolute Gasteiger partial charge is 0.241 e. The first-order valence-electron chi connectivity index (χ1n) is 9.89. The predicted octanol–water partition coefficient (Wildman–Crippen LogP) is 2.66. The van der Waals surface area contributed by atoms with E-state index in [2.05, 4.69) is 19.4 Å². The molecule has 2 heterocycles. The molecule has 0 spiro atoms. The van der Waals surface area contributed by atoms with Crippen LogP contribution in [-0.4, -0.2) is 39.9 Å². The van der Waals surface area contributed by atoms with Gasteiger partial charge in [0.25, 0.3) is 0 Å². The second kappa shape index (κ2) is 8.55. The first-order valence-corrected chi connectivity index (χ1v) is 12.9. The normalized spacial score (nSPS) is 12.4. The third-order valence-corrected chi connectivity index (χ3v) is 8.19. The summed E-state index contributed by atoms with van der Waals surface area (Å²) in [6, 6.07) is 13.2. The summed E-state index contributed by atoms with van der Waals surface area (Å²) in [5.41, 5.74) is 2.95. The van der Waals surface area contributed by atoms with Crippen LogP contribution >= 0.6 is 0 Å². The molecule has 0 saturated heterocycles. The number of hydrogen-bond acceptors (Lipinski definition) is 6. The summed E-state index contributed by atoms with van der Waals surface area (Å²) < 4.78 is 56.3. The molecule has 0 radical (unpaired) electrons. The molecule has 4 aromatic rings. The zero-order valence-electron chi connectivity index (χ0n) is 17.5. The average molecular weight is 471 g/mol. The van der Waals surface area contributed by atoms with Gasteiger partial charge in [0, 0.05) is 36.3 Å². The van der Waals surface area contributed by atoms with Crippen molar-refractivity contribution in [3.05, 3.63) is 72.1 Å². The van der Waals surface area contributed by atoms with Crippen molar-refractivity contribution in [2.75, 3.05) is 13.1 Å². The fraction of sp³-hybridized carbons (Fsp3) is 0.182. The van der Waals surface area contributed by atoms with Crippen molar-refractivity contribution in [2.24, 2.45) is 0 Å². The molecular formula is C22H22N4O4S2. The molecule has 166 valence electrons. The topological polar surface area (TPSA) is 118 Å². The zero-order valence-corrected chi connectivity index (χ0v) is 19.2. The summed E-state index contributed by atoms with van der Waals surface area (Å²) in [5, 5.41) is 1.03. The third kappa shape index (κ3) is 4.22. The van der Waals surface area contributed by atoms with Crippen LogP contribution in [0.1, 0.15) is 11.1 Å².